The van der Waals surface area contributed by atoms with Crippen LogP contribution < -0.4 is 10.2 Å². The molecule has 0 aliphatic carbocycles. The van der Waals surface area contributed by atoms with Crippen molar-refractivity contribution in [3.05, 3.63) is 77.7 Å². The molecule has 2 N–H and O–H groups in total. The SMILES string of the molecule is O=C1N(C[C@H](O)CNCCCN2CCOCC2)CN(c2ccccc2)C12CCN(CCc1ccccc1-c1cccs1)CC2. The van der Waals surface area contributed by atoms with Gasteiger partial charge in [0.25, 0.3) is 0 Å². The van der Waals surface area contributed by atoms with Crippen LogP contribution in [0, 0.1) is 0 Å². The number of thiophene rings is 1. The van der Waals surface area contributed by atoms with E-state index in [0.29, 0.717) is 19.8 Å². The minimum absolute atomic E-state index is 0.162. The predicted molar refractivity (Wildman–Crippen MR) is 178 cm³/mol. The lowest BCUT2D eigenvalue weighted by atomic mass is 9.85. The van der Waals surface area contributed by atoms with Gasteiger partial charge < -0.3 is 29.9 Å². The maximum atomic E-state index is 14.1. The van der Waals surface area contributed by atoms with Crippen LogP contribution in [0.2, 0.25) is 0 Å². The van der Waals surface area contributed by atoms with Crippen molar-refractivity contribution in [3.63, 3.8) is 0 Å². The van der Waals surface area contributed by atoms with E-state index in [1.54, 1.807) is 11.3 Å². The lowest BCUT2D eigenvalue weighted by molar-refractivity contribution is -0.134. The van der Waals surface area contributed by atoms with E-state index in [1.165, 1.54) is 16.0 Å². The third kappa shape index (κ3) is 7.36. The molecule has 3 aromatic rings. The molecule has 3 aliphatic heterocycles. The molecule has 44 heavy (non-hydrogen) atoms. The molecule has 1 aromatic heterocycles. The number of nitrogens with one attached hydrogen (secondary N) is 1. The number of morpholine rings is 1. The highest BCUT2D eigenvalue weighted by atomic mass is 32.1. The average Bonchev–Trinajstić information content (AvgIpc) is 3.69. The van der Waals surface area contributed by atoms with Gasteiger partial charge in [-0.2, -0.15) is 0 Å². The van der Waals surface area contributed by atoms with E-state index in [2.05, 4.69) is 73.9 Å². The number of ether oxygens (including phenoxy) is 1. The molecule has 8 nitrogen and oxygen atoms in total. The van der Waals surface area contributed by atoms with Crippen LogP contribution in [0.25, 0.3) is 10.4 Å². The van der Waals surface area contributed by atoms with Crippen molar-refractivity contribution in [1.82, 2.24) is 20.0 Å². The molecular weight excluding hydrogens is 570 g/mol. The minimum Gasteiger partial charge on any atom is -0.390 e. The first-order chi connectivity index (χ1) is 21.6. The summed E-state index contributed by atoms with van der Waals surface area (Å²) in [5.41, 5.74) is 3.24. The zero-order valence-corrected chi connectivity index (χ0v) is 26.6. The Balaban J connectivity index is 1.03. The topological polar surface area (TPSA) is 71.5 Å². The van der Waals surface area contributed by atoms with Crippen molar-refractivity contribution < 1.29 is 14.6 Å². The Morgan fingerprint density at radius 1 is 0.909 bits per heavy atom. The molecule has 236 valence electrons. The standard InChI is InChI=1S/C35H47N5O3S/c41-31(26-36-16-7-17-37-21-23-43-24-22-37)27-39-28-40(30-9-2-1-3-10-30)35(34(39)42)14-19-38(20-15-35)18-13-29-8-4-5-11-32(29)33-12-6-25-44-33/h1-6,8-12,25,31,36,41H,7,13-24,26-28H2/t31-/m1/s1. The second-order valence-corrected chi connectivity index (χ2v) is 13.3. The average molecular weight is 618 g/mol. The van der Waals surface area contributed by atoms with Gasteiger partial charge in [-0.25, -0.2) is 0 Å². The van der Waals surface area contributed by atoms with E-state index in [9.17, 15) is 9.90 Å². The molecule has 1 atom stereocenters. The number of para-hydroxylation sites is 1. The second-order valence-electron chi connectivity index (χ2n) is 12.4. The fourth-order valence-corrected chi connectivity index (χ4v) is 7.80. The van der Waals surface area contributed by atoms with Crippen molar-refractivity contribution in [3.8, 4) is 10.4 Å². The van der Waals surface area contributed by atoms with E-state index < -0.39 is 11.6 Å². The highest BCUT2D eigenvalue weighted by Crippen LogP contribution is 2.39. The lowest BCUT2D eigenvalue weighted by Gasteiger charge is -2.43. The summed E-state index contributed by atoms with van der Waals surface area (Å²) >= 11 is 1.79. The summed E-state index contributed by atoms with van der Waals surface area (Å²) in [5, 5.41) is 16.5. The molecule has 0 saturated carbocycles. The number of amides is 1. The quantitative estimate of drug-likeness (QED) is 0.283. The van der Waals surface area contributed by atoms with Crippen molar-refractivity contribution in [1.29, 1.82) is 0 Å². The second kappa shape index (κ2) is 15.0. The van der Waals surface area contributed by atoms with E-state index in [-0.39, 0.29) is 5.91 Å². The number of aliphatic hydroxyl groups excluding tert-OH is 1. The van der Waals surface area contributed by atoms with Crippen molar-refractivity contribution in [2.24, 2.45) is 0 Å². The zero-order chi connectivity index (χ0) is 30.2. The molecule has 1 amide bonds. The van der Waals surface area contributed by atoms with E-state index in [4.69, 9.17) is 4.74 Å². The first-order valence-corrected chi connectivity index (χ1v) is 17.2. The zero-order valence-electron chi connectivity index (χ0n) is 25.8. The Hall–Kier alpha value is -2.79. The lowest BCUT2D eigenvalue weighted by Crippen LogP contribution is -2.56. The summed E-state index contributed by atoms with van der Waals surface area (Å²) in [7, 11) is 0. The number of likely N-dealkylation sites (tertiary alicyclic amines) is 1. The molecule has 2 aromatic carbocycles. The summed E-state index contributed by atoms with van der Waals surface area (Å²) in [6, 6.07) is 23.4. The van der Waals surface area contributed by atoms with Gasteiger partial charge in [-0.3, -0.25) is 9.69 Å². The van der Waals surface area contributed by atoms with Crippen molar-refractivity contribution in [2.75, 3.05) is 83.7 Å². The molecule has 0 bridgehead atoms. The number of rotatable bonds is 13. The van der Waals surface area contributed by atoms with Gasteiger partial charge in [0.2, 0.25) is 5.91 Å². The first-order valence-electron chi connectivity index (χ1n) is 16.3. The largest absolute Gasteiger partial charge is 0.390 e. The van der Waals surface area contributed by atoms with Crippen LogP contribution in [0.1, 0.15) is 24.8 Å². The number of β-amino-alcohol motifs (C(OH)–C–C–N with tert-alkyl or cyclic N) is 1. The van der Waals surface area contributed by atoms with E-state index in [1.807, 2.05) is 23.1 Å². The van der Waals surface area contributed by atoms with Crippen molar-refractivity contribution in [2.45, 2.75) is 37.3 Å². The number of aliphatic hydroxyl groups is 1. The first kappa shape index (κ1) is 31.2. The molecular formula is C35H47N5O3S. The smallest absolute Gasteiger partial charge is 0.250 e. The molecule has 3 aliphatic rings. The molecule has 3 saturated heterocycles. The highest BCUT2D eigenvalue weighted by Gasteiger charge is 2.53. The fourth-order valence-electron chi connectivity index (χ4n) is 7.02. The Morgan fingerprint density at radius 3 is 2.43 bits per heavy atom. The summed E-state index contributed by atoms with van der Waals surface area (Å²) < 4.78 is 5.43. The fraction of sp³-hybridized carbons (Fsp3) is 0.514. The van der Waals surface area contributed by atoms with Crippen LogP contribution in [0.3, 0.4) is 0 Å². The molecule has 6 rings (SSSR count). The molecule has 0 unspecified atom stereocenters. The summed E-state index contributed by atoms with van der Waals surface area (Å²) in [6.45, 7) is 9.66. The van der Waals surface area contributed by atoms with Crippen LogP contribution in [-0.4, -0.2) is 116 Å². The number of piperidine rings is 1. The maximum Gasteiger partial charge on any atom is 0.250 e. The van der Waals surface area contributed by atoms with Crippen molar-refractivity contribution >= 4 is 22.9 Å². The predicted octanol–water partition coefficient (Wildman–Crippen LogP) is 3.77. The normalized spacial score (nSPS) is 20.1. The maximum absolute atomic E-state index is 14.1. The van der Waals surface area contributed by atoms with Gasteiger partial charge in [-0.1, -0.05) is 48.5 Å². The third-order valence-electron chi connectivity index (χ3n) is 9.51. The number of anilines is 1. The van der Waals surface area contributed by atoms with Gasteiger partial charge in [0.1, 0.15) is 5.54 Å². The van der Waals surface area contributed by atoms with Gasteiger partial charge >= 0.3 is 0 Å². The molecule has 4 heterocycles. The third-order valence-corrected chi connectivity index (χ3v) is 10.4. The Labute approximate surface area is 266 Å². The highest BCUT2D eigenvalue weighted by molar-refractivity contribution is 7.13. The number of carbonyl (C=O) groups excluding carboxylic acids is 1. The van der Waals surface area contributed by atoms with Gasteiger partial charge in [0, 0.05) is 56.4 Å². The van der Waals surface area contributed by atoms with E-state index in [0.717, 1.165) is 90.4 Å². The summed E-state index contributed by atoms with van der Waals surface area (Å²) in [4.78, 5) is 24.6. The number of hydrogen-bond donors (Lipinski definition) is 2. The van der Waals surface area contributed by atoms with Gasteiger partial charge in [-0.15, -0.1) is 11.3 Å². The van der Waals surface area contributed by atoms with E-state index >= 15 is 0 Å². The molecule has 0 radical (unpaired) electrons. The van der Waals surface area contributed by atoms with Gasteiger partial charge in [0.05, 0.1) is 26.0 Å². The monoisotopic (exact) mass is 617 g/mol. The summed E-state index contributed by atoms with van der Waals surface area (Å²) in [5.74, 6) is 0.162. The van der Waals surface area contributed by atoms with Crippen LogP contribution in [0.15, 0.2) is 72.1 Å². The molecule has 9 heteroatoms. The van der Waals surface area contributed by atoms with Crippen LogP contribution in [0.5, 0.6) is 0 Å². The number of carbonyl (C=O) groups is 1. The Morgan fingerprint density at radius 2 is 1.66 bits per heavy atom. The van der Waals surface area contributed by atoms with Crippen LogP contribution >= 0.6 is 11.3 Å². The Kier molecular flexibility index (Phi) is 10.6. The van der Waals surface area contributed by atoms with Gasteiger partial charge in [0.15, 0.2) is 0 Å². The number of nitrogens with zero attached hydrogens (tertiary/aromatic N) is 4. The number of hydrogen-bond acceptors (Lipinski definition) is 8. The van der Waals surface area contributed by atoms with Crippen LogP contribution in [-0.2, 0) is 16.0 Å². The molecule has 3 fully saturated rings. The minimum atomic E-state index is -0.599. The summed E-state index contributed by atoms with van der Waals surface area (Å²) in [6.07, 6.45) is 3.02. The van der Waals surface area contributed by atoms with Gasteiger partial charge in [-0.05, 0) is 73.5 Å². The Bertz CT molecular complexity index is 1310. The van der Waals surface area contributed by atoms with Crippen LogP contribution in [0.4, 0.5) is 5.69 Å². The number of benzene rings is 2. The molecule has 1 spiro atoms.